The van der Waals surface area contributed by atoms with Crippen molar-refractivity contribution in [2.45, 2.75) is 0 Å². The molecule has 1 heterocycles. The predicted octanol–water partition coefficient (Wildman–Crippen LogP) is -3.34. The van der Waals surface area contributed by atoms with Gasteiger partial charge >= 0.3 is 29.6 Å². The fraction of sp³-hybridized carbons (Fsp3) is 0.800. The molecule has 0 aromatic carbocycles. The molecule has 0 unspecified atom stereocenters. The molecular formula is C5H9N2NaOS2. The van der Waals surface area contributed by atoms with Gasteiger partial charge in [0.2, 0.25) is 0 Å². The number of thiocarbonyl (C=S) groups is 1. The number of nitrogens with zero attached hydrogens (tertiary/aromatic N) is 1. The number of hydrazine groups is 1. The second-order valence-electron chi connectivity index (χ2n) is 2.00. The van der Waals surface area contributed by atoms with Gasteiger partial charge in [-0.2, -0.15) is 0 Å². The van der Waals surface area contributed by atoms with E-state index >= 15 is 0 Å². The molecule has 0 saturated carbocycles. The van der Waals surface area contributed by atoms with Crippen molar-refractivity contribution in [3.63, 3.8) is 0 Å². The average Bonchev–Trinajstić information content (AvgIpc) is 1.88. The molecule has 1 aliphatic heterocycles. The summed E-state index contributed by atoms with van der Waals surface area (Å²) in [6.45, 7) is 3.23. The fourth-order valence-corrected chi connectivity index (χ4v) is 1.06. The van der Waals surface area contributed by atoms with E-state index < -0.39 is 0 Å². The predicted molar refractivity (Wildman–Crippen MR) is 45.5 cm³/mol. The topological polar surface area (TPSA) is 24.5 Å². The Morgan fingerprint density at radius 3 is 2.45 bits per heavy atom. The molecule has 1 fully saturated rings. The van der Waals surface area contributed by atoms with Crippen LogP contribution in [-0.2, 0) is 17.4 Å². The van der Waals surface area contributed by atoms with Crippen LogP contribution >= 0.6 is 12.2 Å². The van der Waals surface area contributed by atoms with Crippen LogP contribution in [-0.4, -0.2) is 35.6 Å². The zero-order valence-corrected chi connectivity index (χ0v) is 10.1. The van der Waals surface area contributed by atoms with Crippen LogP contribution in [0.5, 0.6) is 0 Å². The zero-order chi connectivity index (χ0) is 7.40. The van der Waals surface area contributed by atoms with E-state index in [1.54, 1.807) is 0 Å². The number of morpholine rings is 1. The third-order valence-corrected chi connectivity index (χ3v) is 1.44. The summed E-state index contributed by atoms with van der Waals surface area (Å²) in [5.41, 5.74) is 2.88. The number of hydrogen-bond acceptors (Lipinski definition) is 4. The summed E-state index contributed by atoms with van der Waals surface area (Å²) in [6.07, 6.45) is 0. The van der Waals surface area contributed by atoms with Gasteiger partial charge in [0.1, 0.15) is 0 Å². The molecule has 1 rings (SSSR count). The Labute approximate surface area is 99.5 Å². The van der Waals surface area contributed by atoms with Crippen molar-refractivity contribution in [2.24, 2.45) is 0 Å². The third-order valence-electron chi connectivity index (χ3n) is 1.26. The fourth-order valence-electron chi connectivity index (χ4n) is 0.804. The third kappa shape index (κ3) is 5.30. The van der Waals surface area contributed by atoms with E-state index in [0.29, 0.717) is 4.32 Å². The molecule has 0 aromatic rings. The van der Waals surface area contributed by atoms with Crippen LogP contribution in [0.3, 0.4) is 0 Å². The molecule has 58 valence electrons. The molecule has 0 radical (unpaired) electrons. The van der Waals surface area contributed by atoms with Gasteiger partial charge in [0, 0.05) is 13.1 Å². The van der Waals surface area contributed by atoms with Gasteiger partial charge in [0.25, 0.3) is 0 Å². The Morgan fingerprint density at radius 1 is 1.45 bits per heavy atom. The van der Waals surface area contributed by atoms with Gasteiger partial charge in [-0.25, -0.2) is 5.01 Å². The largest absolute Gasteiger partial charge is 1.00 e. The molecule has 11 heavy (non-hydrogen) atoms. The van der Waals surface area contributed by atoms with Crippen LogP contribution < -0.4 is 35.0 Å². The van der Waals surface area contributed by atoms with Gasteiger partial charge < -0.3 is 35.0 Å². The first-order valence-electron chi connectivity index (χ1n) is 3.09. The average molecular weight is 200 g/mol. The molecule has 0 amide bonds. The molecule has 6 heteroatoms. The van der Waals surface area contributed by atoms with E-state index in [9.17, 15) is 0 Å². The van der Waals surface area contributed by atoms with E-state index in [2.05, 4.69) is 5.43 Å². The van der Waals surface area contributed by atoms with Crippen molar-refractivity contribution in [1.82, 2.24) is 10.4 Å². The molecule has 1 saturated heterocycles. The molecule has 0 bridgehead atoms. The molecule has 1 N–H and O–H groups in total. The summed E-state index contributed by atoms with van der Waals surface area (Å²) in [5, 5.41) is 1.97. The van der Waals surface area contributed by atoms with E-state index in [-0.39, 0.29) is 29.6 Å². The smallest absolute Gasteiger partial charge is 0.410 e. The summed E-state index contributed by atoms with van der Waals surface area (Å²) >= 11 is 9.40. The van der Waals surface area contributed by atoms with Gasteiger partial charge in [0.05, 0.1) is 13.2 Å². The second-order valence-corrected chi connectivity index (χ2v) is 3.07. The summed E-state index contributed by atoms with van der Waals surface area (Å²) in [7, 11) is 0. The van der Waals surface area contributed by atoms with Crippen molar-refractivity contribution >= 4 is 29.2 Å². The minimum Gasteiger partial charge on any atom is -0.410 e. The maximum Gasteiger partial charge on any atom is 1.00 e. The Balaban J connectivity index is 0.000001000. The standard InChI is InChI=1S/C5H10N2OS2.Na/c9-5(10)6-7-1-3-8-4-2-7;/h1-4H2,(H2,6,9,10);/q;+1/p-1. The number of nitrogens with one attached hydrogen (secondary N) is 1. The maximum absolute atomic E-state index is 5.12. The van der Waals surface area contributed by atoms with Crippen LogP contribution in [0.2, 0.25) is 0 Å². The Morgan fingerprint density at radius 2 is 2.00 bits per heavy atom. The van der Waals surface area contributed by atoms with Crippen molar-refractivity contribution in [3.05, 3.63) is 0 Å². The van der Waals surface area contributed by atoms with Crippen LogP contribution in [0, 0.1) is 0 Å². The van der Waals surface area contributed by atoms with E-state index in [0.717, 1.165) is 26.3 Å². The monoisotopic (exact) mass is 200 g/mol. The van der Waals surface area contributed by atoms with Gasteiger partial charge in [-0.3, -0.25) is 0 Å². The minimum atomic E-state index is 0. The Hall–Kier alpha value is 1.03. The molecule has 1 aliphatic rings. The van der Waals surface area contributed by atoms with Crippen LogP contribution in [0.15, 0.2) is 0 Å². The Kier molecular flexibility index (Phi) is 7.15. The SMILES string of the molecule is S=C([S-])NN1CCOCC1.[Na+]. The van der Waals surface area contributed by atoms with Gasteiger partial charge in [-0.1, -0.05) is 0 Å². The minimum absolute atomic E-state index is 0. The summed E-state index contributed by atoms with van der Waals surface area (Å²) in [4.78, 5) is 0. The van der Waals surface area contributed by atoms with E-state index in [1.165, 1.54) is 0 Å². The molecule has 0 spiro atoms. The first-order valence-corrected chi connectivity index (χ1v) is 3.91. The molecule has 3 nitrogen and oxygen atoms in total. The number of hydrogen-bond donors (Lipinski definition) is 1. The van der Waals surface area contributed by atoms with Crippen LogP contribution in [0.4, 0.5) is 0 Å². The van der Waals surface area contributed by atoms with Crippen LogP contribution in [0.25, 0.3) is 0 Å². The summed E-state index contributed by atoms with van der Waals surface area (Å²) in [5.74, 6) is 0. The first-order chi connectivity index (χ1) is 4.79. The number of ether oxygens (including phenoxy) is 1. The Bertz CT molecular complexity index is 130. The van der Waals surface area contributed by atoms with Gasteiger partial charge in [0.15, 0.2) is 0 Å². The summed E-state index contributed by atoms with van der Waals surface area (Å²) in [6, 6.07) is 0. The van der Waals surface area contributed by atoms with E-state index in [4.69, 9.17) is 29.6 Å². The molecule has 0 aliphatic carbocycles. The first kappa shape index (κ1) is 12.0. The van der Waals surface area contributed by atoms with Gasteiger partial charge in [-0.05, 0) is 4.32 Å². The second kappa shape index (κ2) is 6.54. The van der Waals surface area contributed by atoms with Crippen LogP contribution in [0.1, 0.15) is 0 Å². The van der Waals surface area contributed by atoms with E-state index in [1.807, 2.05) is 5.01 Å². The van der Waals surface area contributed by atoms with Crippen molar-refractivity contribution in [3.8, 4) is 0 Å². The quantitative estimate of drug-likeness (QED) is 0.271. The van der Waals surface area contributed by atoms with Gasteiger partial charge in [-0.15, -0.1) is 0 Å². The maximum atomic E-state index is 5.12. The normalized spacial score (nSPS) is 18.5. The van der Waals surface area contributed by atoms with Crippen molar-refractivity contribution in [1.29, 1.82) is 0 Å². The zero-order valence-electron chi connectivity index (χ0n) is 6.50. The molecule has 0 aromatic heterocycles. The number of rotatable bonds is 1. The summed E-state index contributed by atoms with van der Waals surface area (Å²) < 4.78 is 5.53. The molecule has 0 atom stereocenters. The van der Waals surface area contributed by atoms with Crippen molar-refractivity contribution < 1.29 is 34.3 Å². The molecular weight excluding hydrogens is 191 g/mol. The van der Waals surface area contributed by atoms with Crippen molar-refractivity contribution in [2.75, 3.05) is 26.3 Å².